The van der Waals surface area contributed by atoms with Crippen LogP contribution >= 0.6 is 11.8 Å². The van der Waals surface area contributed by atoms with Crippen LogP contribution in [0.4, 0.5) is 4.39 Å². The summed E-state index contributed by atoms with van der Waals surface area (Å²) < 4.78 is 15.7. The zero-order valence-corrected chi connectivity index (χ0v) is 14.8. The minimum atomic E-state index is -2.04. The molecule has 1 aromatic carbocycles. The molecule has 0 saturated carbocycles. The number of hydrogen-bond acceptors (Lipinski definition) is 6. The van der Waals surface area contributed by atoms with Crippen LogP contribution in [0.1, 0.15) is 16.8 Å². The minimum absolute atomic E-state index is 0.00962. The third-order valence-electron chi connectivity index (χ3n) is 4.62. The smallest absolute Gasteiger partial charge is 0.330 e. The monoisotopic (exact) mass is 374 g/mol. The Morgan fingerprint density at radius 2 is 1.88 bits per heavy atom. The summed E-state index contributed by atoms with van der Waals surface area (Å²) in [6, 6.07) is 5.16. The normalized spacial score (nSPS) is 21.2. The molecule has 26 heavy (non-hydrogen) atoms. The van der Waals surface area contributed by atoms with Crippen molar-refractivity contribution < 1.29 is 9.50 Å². The van der Waals surface area contributed by atoms with Crippen molar-refractivity contribution in [3.05, 3.63) is 79.3 Å². The van der Waals surface area contributed by atoms with E-state index in [2.05, 4.69) is 4.99 Å². The number of amidine groups is 1. The van der Waals surface area contributed by atoms with Gasteiger partial charge in [0.25, 0.3) is 5.56 Å². The summed E-state index contributed by atoms with van der Waals surface area (Å²) in [5.41, 5.74) is -2.56. The maximum Gasteiger partial charge on any atom is 0.330 e. The number of aliphatic hydroxyl groups is 1. The number of halogens is 1. The summed E-state index contributed by atoms with van der Waals surface area (Å²) in [7, 11) is 2.90. The molecule has 2 aromatic rings. The first-order valence-corrected chi connectivity index (χ1v) is 8.68. The van der Waals surface area contributed by atoms with E-state index < -0.39 is 22.8 Å². The molecule has 1 N–H and O–H groups in total. The molecule has 2 aliphatic heterocycles. The van der Waals surface area contributed by atoms with Crippen LogP contribution in [0.2, 0.25) is 0 Å². The number of thioether (sulfide) groups is 1. The third kappa shape index (κ3) is 2.27. The van der Waals surface area contributed by atoms with E-state index in [0.29, 0.717) is 10.9 Å². The lowest BCUT2D eigenvalue weighted by Crippen LogP contribution is -2.46. The highest BCUT2D eigenvalue weighted by atomic mass is 32.2. The van der Waals surface area contributed by atoms with Crippen LogP contribution in [0, 0.1) is 5.82 Å². The molecule has 0 spiro atoms. The maximum atomic E-state index is 13.4. The van der Waals surface area contributed by atoms with Crippen LogP contribution in [-0.2, 0) is 26.4 Å². The largest absolute Gasteiger partial charge is 0.362 e. The fourth-order valence-electron chi connectivity index (χ4n) is 3.18. The van der Waals surface area contributed by atoms with Crippen molar-refractivity contribution in [3.8, 4) is 0 Å². The molecule has 1 unspecified atom stereocenters. The van der Waals surface area contributed by atoms with Gasteiger partial charge in [-0.3, -0.25) is 13.9 Å². The summed E-state index contributed by atoms with van der Waals surface area (Å²) in [6.07, 6.45) is 1.77. The molecule has 0 aliphatic carbocycles. The fraction of sp³-hybridized carbons (Fsp3) is 0.235. The molecule has 0 fully saturated rings. The summed E-state index contributed by atoms with van der Waals surface area (Å²) >= 11 is 1.30. The Kier molecular flexibility index (Phi) is 3.67. The number of fused-ring (bicyclic) bond motifs is 2. The van der Waals surface area contributed by atoms with E-state index in [1.54, 1.807) is 23.6 Å². The number of nitrogens with zero attached hydrogens (tertiary/aromatic N) is 4. The van der Waals surface area contributed by atoms with E-state index in [4.69, 9.17) is 0 Å². The fourth-order valence-corrected chi connectivity index (χ4v) is 3.95. The topological polar surface area (TPSA) is 79.8 Å². The number of benzene rings is 1. The second-order valence-corrected chi connectivity index (χ2v) is 7.00. The van der Waals surface area contributed by atoms with Gasteiger partial charge in [-0.2, -0.15) is 0 Å². The average Bonchev–Trinajstić information content (AvgIpc) is 2.99. The van der Waals surface area contributed by atoms with Gasteiger partial charge in [0, 0.05) is 25.9 Å². The molecular weight excluding hydrogens is 359 g/mol. The van der Waals surface area contributed by atoms with E-state index in [0.717, 1.165) is 4.57 Å². The van der Waals surface area contributed by atoms with Gasteiger partial charge in [0.2, 0.25) is 5.72 Å². The number of rotatable bonds is 1. The van der Waals surface area contributed by atoms with Crippen molar-refractivity contribution in [1.29, 1.82) is 0 Å². The quantitative estimate of drug-likeness (QED) is 0.799. The van der Waals surface area contributed by atoms with E-state index >= 15 is 0 Å². The molecule has 134 valence electrons. The molecule has 0 bridgehead atoms. The Bertz CT molecular complexity index is 1090. The highest BCUT2D eigenvalue weighted by molar-refractivity contribution is 8.16. The molecule has 9 heteroatoms. The van der Waals surface area contributed by atoms with Crippen molar-refractivity contribution in [2.45, 2.75) is 12.3 Å². The molecule has 0 saturated heterocycles. The molecule has 1 atom stereocenters. The molecule has 7 nitrogen and oxygen atoms in total. The summed E-state index contributed by atoms with van der Waals surface area (Å²) in [6.45, 7) is 0.211. The minimum Gasteiger partial charge on any atom is -0.362 e. The molecule has 0 amide bonds. The molecular formula is C17H15FN4O3S. The first kappa shape index (κ1) is 16.8. The van der Waals surface area contributed by atoms with Gasteiger partial charge in [0.15, 0.2) is 5.17 Å². The zero-order chi connectivity index (χ0) is 18.6. The van der Waals surface area contributed by atoms with Crippen LogP contribution < -0.4 is 11.2 Å². The van der Waals surface area contributed by atoms with E-state index in [1.807, 2.05) is 0 Å². The van der Waals surface area contributed by atoms with Crippen molar-refractivity contribution >= 4 is 16.9 Å². The summed E-state index contributed by atoms with van der Waals surface area (Å²) in [5, 5.41) is 13.8. The first-order valence-electron chi connectivity index (χ1n) is 7.80. The molecule has 3 heterocycles. The molecule has 0 radical (unpaired) electrons. The van der Waals surface area contributed by atoms with E-state index in [-0.39, 0.29) is 17.7 Å². The van der Waals surface area contributed by atoms with Crippen molar-refractivity contribution in [2.75, 3.05) is 0 Å². The van der Waals surface area contributed by atoms with Gasteiger partial charge < -0.3 is 10.0 Å². The molecule has 2 aliphatic rings. The van der Waals surface area contributed by atoms with E-state index in [9.17, 15) is 19.1 Å². The second-order valence-electron chi connectivity index (χ2n) is 6.13. The van der Waals surface area contributed by atoms with Gasteiger partial charge in [-0.15, -0.1) is 0 Å². The Morgan fingerprint density at radius 3 is 2.58 bits per heavy atom. The Morgan fingerprint density at radius 1 is 1.19 bits per heavy atom. The molecule has 1 aromatic heterocycles. The lowest BCUT2D eigenvalue weighted by molar-refractivity contribution is 0.0879. The summed E-state index contributed by atoms with van der Waals surface area (Å²) in [4.78, 5) is 31.5. The van der Waals surface area contributed by atoms with Crippen LogP contribution in [0.15, 0.2) is 50.5 Å². The van der Waals surface area contributed by atoms with Gasteiger partial charge in [-0.25, -0.2) is 14.2 Å². The maximum absolute atomic E-state index is 13.4. The van der Waals surface area contributed by atoms with Gasteiger partial charge in [0.05, 0.1) is 17.8 Å². The first-order chi connectivity index (χ1) is 12.3. The second kappa shape index (κ2) is 5.68. The Balaban J connectivity index is 2.11. The Hall–Kier alpha value is -2.65. The van der Waals surface area contributed by atoms with E-state index in [1.165, 1.54) is 47.6 Å². The number of aromatic nitrogens is 2. The van der Waals surface area contributed by atoms with Gasteiger partial charge >= 0.3 is 5.69 Å². The van der Waals surface area contributed by atoms with Gasteiger partial charge in [-0.1, -0.05) is 23.9 Å². The molecule has 4 rings (SSSR count). The Labute approximate surface area is 151 Å². The van der Waals surface area contributed by atoms with Crippen LogP contribution in [0.5, 0.6) is 0 Å². The van der Waals surface area contributed by atoms with Crippen molar-refractivity contribution in [3.63, 3.8) is 0 Å². The van der Waals surface area contributed by atoms with Crippen LogP contribution in [0.25, 0.3) is 0 Å². The van der Waals surface area contributed by atoms with Crippen molar-refractivity contribution in [1.82, 2.24) is 14.0 Å². The lowest BCUT2D eigenvalue weighted by atomic mass is 9.94. The van der Waals surface area contributed by atoms with Crippen LogP contribution in [0.3, 0.4) is 0 Å². The highest BCUT2D eigenvalue weighted by Crippen LogP contribution is 2.37. The number of hydrogen-bond donors (Lipinski definition) is 1. The predicted molar refractivity (Wildman–Crippen MR) is 96.0 cm³/mol. The number of aliphatic imine (C=N–C) groups is 1. The average molecular weight is 374 g/mol. The highest BCUT2D eigenvalue weighted by Gasteiger charge is 2.42. The van der Waals surface area contributed by atoms with Gasteiger partial charge in [-0.05, 0) is 17.5 Å². The summed E-state index contributed by atoms with van der Waals surface area (Å²) in [5.74, 6) is -0.467. The zero-order valence-electron chi connectivity index (χ0n) is 14.0. The standard InChI is InChI=1S/C17H15FN4O3S/c1-20-12-9-22-7-8-26-15(22)19-17(25,10-3-5-11(18)6-4-10)13(12)14(23)21(2)16(20)24/h3-8,25H,9H2,1-2H3. The lowest BCUT2D eigenvalue weighted by Gasteiger charge is -2.26. The van der Waals surface area contributed by atoms with Gasteiger partial charge in [0.1, 0.15) is 5.82 Å². The van der Waals surface area contributed by atoms with Crippen molar-refractivity contribution in [2.24, 2.45) is 19.1 Å². The SMILES string of the molecule is Cn1c2c(c(=O)n(C)c1=O)C(O)(c1ccc(F)cc1)N=C1SC=CN1C2. The third-order valence-corrected chi connectivity index (χ3v) is 5.41. The predicted octanol–water partition coefficient (Wildman–Crippen LogP) is 0.806. The van der Waals surface area contributed by atoms with Crippen LogP contribution in [-0.4, -0.2) is 24.3 Å².